The van der Waals surface area contributed by atoms with Gasteiger partial charge < -0.3 is 4.74 Å². The quantitative estimate of drug-likeness (QED) is 0.516. The molecule has 68 valence electrons. The van der Waals surface area contributed by atoms with Crippen LogP contribution in [0.15, 0.2) is 29.3 Å². The van der Waals surface area contributed by atoms with Gasteiger partial charge in [0.15, 0.2) is 6.29 Å². The van der Waals surface area contributed by atoms with Gasteiger partial charge in [0.2, 0.25) is 0 Å². The molecule has 0 spiro atoms. The van der Waals surface area contributed by atoms with Crippen LogP contribution in [0.1, 0.15) is 5.56 Å². The van der Waals surface area contributed by atoms with Crippen LogP contribution in [0, 0.1) is 0 Å². The molecule has 0 unspecified atom stereocenters. The van der Waals surface area contributed by atoms with Crippen molar-refractivity contribution in [3.63, 3.8) is 0 Å². The lowest BCUT2D eigenvalue weighted by atomic mass is 10.2. The molecule has 0 aliphatic rings. The Morgan fingerprint density at radius 3 is 2.62 bits per heavy atom. The van der Waals surface area contributed by atoms with Gasteiger partial charge in [-0.2, -0.15) is 0 Å². The minimum Gasteiger partial charge on any atom is -0.497 e. The fourth-order valence-electron chi connectivity index (χ4n) is 0.932. The van der Waals surface area contributed by atoms with Crippen LogP contribution in [-0.4, -0.2) is 19.6 Å². The molecule has 1 aromatic rings. The van der Waals surface area contributed by atoms with Crippen molar-refractivity contribution in [1.29, 1.82) is 0 Å². The van der Waals surface area contributed by atoms with E-state index in [1.807, 2.05) is 24.3 Å². The molecule has 0 aliphatic heterocycles. The van der Waals surface area contributed by atoms with Gasteiger partial charge in [-0.3, -0.25) is 9.79 Å². The van der Waals surface area contributed by atoms with E-state index in [1.54, 1.807) is 7.11 Å². The van der Waals surface area contributed by atoms with Crippen molar-refractivity contribution < 1.29 is 9.53 Å². The minimum absolute atomic E-state index is 0.530. The van der Waals surface area contributed by atoms with Gasteiger partial charge in [-0.1, -0.05) is 12.1 Å². The molecule has 0 aromatic heterocycles. The highest BCUT2D eigenvalue weighted by atomic mass is 16.5. The summed E-state index contributed by atoms with van der Waals surface area (Å²) < 4.78 is 5.00. The molecule has 0 aliphatic carbocycles. The van der Waals surface area contributed by atoms with E-state index in [1.165, 1.54) is 6.21 Å². The lowest BCUT2D eigenvalue weighted by Gasteiger charge is -1.99. The van der Waals surface area contributed by atoms with Gasteiger partial charge in [0, 0.05) is 0 Å². The summed E-state index contributed by atoms with van der Waals surface area (Å²) in [6, 6.07) is 7.57. The van der Waals surface area contributed by atoms with E-state index in [0.29, 0.717) is 12.8 Å². The Kier molecular flexibility index (Phi) is 3.70. The van der Waals surface area contributed by atoms with E-state index in [0.717, 1.165) is 11.3 Å². The SMILES string of the molecule is COc1ccc(CN=CC=O)cc1. The Labute approximate surface area is 77.1 Å². The number of rotatable bonds is 4. The fraction of sp³-hybridized carbons (Fsp3) is 0.200. The number of aldehydes is 1. The van der Waals surface area contributed by atoms with Crippen LogP contribution >= 0.6 is 0 Å². The Hall–Kier alpha value is -1.64. The summed E-state index contributed by atoms with van der Waals surface area (Å²) in [5.74, 6) is 0.822. The number of benzene rings is 1. The van der Waals surface area contributed by atoms with Crippen LogP contribution in [0.2, 0.25) is 0 Å². The highest BCUT2D eigenvalue weighted by molar-refractivity contribution is 6.12. The van der Waals surface area contributed by atoms with Crippen LogP contribution in [0.3, 0.4) is 0 Å². The number of hydrogen-bond acceptors (Lipinski definition) is 3. The summed E-state index contributed by atoms with van der Waals surface area (Å²) in [6.45, 7) is 0.530. The normalized spacial score (nSPS) is 10.2. The molecule has 13 heavy (non-hydrogen) atoms. The van der Waals surface area contributed by atoms with Crippen molar-refractivity contribution in [2.45, 2.75) is 6.54 Å². The zero-order valence-corrected chi connectivity index (χ0v) is 7.43. The Bertz CT molecular complexity index is 290. The zero-order valence-electron chi connectivity index (χ0n) is 7.43. The summed E-state index contributed by atoms with van der Waals surface area (Å²) in [4.78, 5) is 13.8. The first-order valence-corrected chi connectivity index (χ1v) is 3.93. The predicted molar refractivity (Wildman–Crippen MR) is 51.3 cm³/mol. The average Bonchev–Trinajstić information content (AvgIpc) is 2.19. The number of ether oxygens (including phenoxy) is 1. The van der Waals surface area contributed by atoms with Crippen LogP contribution in [0.4, 0.5) is 0 Å². The molecule has 1 aromatic carbocycles. The molecule has 0 fully saturated rings. The number of carbonyl (C=O) groups is 1. The zero-order chi connectivity index (χ0) is 9.52. The van der Waals surface area contributed by atoms with E-state index in [-0.39, 0.29) is 0 Å². The summed E-state index contributed by atoms with van der Waals surface area (Å²) in [5, 5.41) is 0. The molecular weight excluding hydrogens is 166 g/mol. The van der Waals surface area contributed by atoms with Gasteiger partial charge in [-0.05, 0) is 17.7 Å². The molecule has 0 bridgehead atoms. The second-order valence-corrected chi connectivity index (χ2v) is 2.47. The maximum absolute atomic E-state index is 9.93. The molecule has 0 atom stereocenters. The second-order valence-electron chi connectivity index (χ2n) is 2.47. The van der Waals surface area contributed by atoms with Crippen molar-refractivity contribution in [3.05, 3.63) is 29.8 Å². The van der Waals surface area contributed by atoms with E-state index >= 15 is 0 Å². The highest BCUT2D eigenvalue weighted by Gasteiger charge is 1.91. The van der Waals surface area contributed by atoms with Gasteiger partial charge >= 0.3 is 0 Å². The number of hydrogen-bond donors (Lipinski definition) is 0. The lowest BCUT2D eigenvalue weighted by molar-refractivity contribution is -0.102. The molecule has 0 heterocycles. The van der Waals surface area contributed by atoms with Gasteiger partial charge in [0.1, 0.15) is 5.75 Å². The first-order valence-electron chi connectivity index (χ1n) is 3.93. The molecule has 0 N–H and O–H groups in total. The van der Waals surface area contributed by atoms with Crippen molar-refractivity contribution in [3.8, 4) is 5.75 Å². The molecule has 3 heteroatoms. The molecule has 1 rings (SSSR count). The maximum Gasteiger partial charge on any atom is 0.160 e. The highest BCUT2D eigenvalue weighted by Crippen LogP contribution is 2.11. The summed E-state index contributed by atoms with van der Waals surface area (Å²) in [6.07, 6.45) is 1.92. The van der Waals surface area contributed by atoms with Gasteiger partial charge in [-0.25, -0.2) is 0 Å². The summed E-state index contributed by atoms with van der Waals surface area (Å²) in [7, 11) is 1.62. The fourth-order valence-corrected chi connectivity index (χ4v) is 0.932. The third-order valence-electron chi connectivity index (χ3n) is 1.60. The molecule has 0 saturated carbocycles. The Morgan fingerprint density at radius 1 is 1.38 bits per heavy atom. The Balaban J connectivity index is 2.58. The first kappa shape index (κ1) is 9.45. The van der Waals surface area contributed by atoms with Gasteiger partial charge in [0.05, 0.1) is 19.9 Å². The van der Waals surface area contributed by atoms with Crippen LogP contribution in [0.25, 0.3) is 0 Å². The van der Waals surface area contributed by atoms with Gasteiger partial charge in [-0.15, -0.1) is 0 Å². The summed E-state index contributed by atoms with van der Waals surface area (Å²) >= 11 is 0. The standard InChI is InChI=1S/C10H11NO2/c1-13-10-4-2-9(3-5-10)8-11-6-7-12/h2-7H,8H2,1H3. The Morgan fingerprint density at radius 2 is 2.08 bits per heavy atom. The molecule has 3 nitrogen and oxygen atoms in total. The van der Waals surface area contributed by atoms with Crippen molar-refractivity contribution in [2.24, 2.45) is 4.99 Å². The monoisotopic (exact) mass is 177 g/mol. The molecule has 0 saturated heterocycles. The van der Waals surface area contributed by atoms with Crippen molar-refractivity contribution >= 4 is 12.5 Å². The molecule has 0 amide bonds. The maximum atomic E-state index is 9.93. The lowest BCUT2D eigenvalue weighted by Crippen LogP contribution is -1.85. The third kappa shape index (κ3) is 3.07. The van der Waals surface area contributed by atoms with Gasteiger partial charge in [0.25, 0.3) is 0 Å². The number of carbonyl (C=O) groups excluding carboxylic acids is 1. The molecule has 0 radical (unpaired) electrons. The van der Waals surface area contributed by atoms with E-state index < -0.39 is 0 Å². The summed E-state index contributed by atoms with van der Waals surface area (Å²) in [5.41, 5.74) is 1.05. The second kappa shape index (κ2) is 5.09. The predicted octanol–water partition coefficient (Wildman–Crippen LogP) is 1.46. The van der Waals surface area contributed by atoms with E-state index in [9.17, 15) is 4.79 Å². The van der Waals surface area contributed by atoms with Crippen LogP contribution in [-0.2, 0) is 11.3 Å². The number of nitrogens with zero attached hydrogens (tertiary/aromatic N) is 1. The largest absolute Gasteiger partial charge is 0.497 e. The van der Waals surface area contributed by atoms with E-state index in [4.69, 9.17) is 4.74 Å². The topological polar surface area (TPSA) is 38.7 Å². The first-order chi connectivity index (χ1) is 6.36. The van der Waals surface area contributed by atoms with Crippen LogP contribution in [0.5, 0.6) is 5.75 Å². The van der Waals surface area contributed by atoms with Crippen LogP contribution < -0.4 is 4.74 Å². The van der Waals surface area contributed by atoms with Crippen molar-refractivity contribution in [1.82, 2.24) is 0 Å². The number of methoxy groups -OCH3 is 1. The van der Waals surface area contributed by atoms with E-state index in [2.05, 4.69) is 4.99 Å². The minimum atomic E-state index is 0.530. The van der Waals surface area contributed by atoms with Crippen molar-refractivity contribution in [2.75, 3.05) is 7.11 Å². The average molecular weight is 177 g/mol. The smallest absolute Gasteiger partial charge is 0.160 e. The number of aliphatic imine (C=N–C) groups is 1. The molecular formula is C10H11NO2. The third-order valence-corrected chi connectivity index (χ3v) is 1.60.